The number of ether oxygens (including phenoxy) is 1. The van der Waals surface area contributed by atoms with E-state index in [-0.39, 0.29) is 11.1 Å². The summed E-state index contributed by atoms with van der Waals surface area (Å²) in [5.41, 5.74) is -0.520. The normalized spacial score (nSPS) is 19.7. The van der Waals surface area contributed by atoms with Gasteiger partial charge in [0.05, 0.1) is 22.8 Å². The molecule has 0 saturated carbocycles. The highest BCUT2D eigenvalue weighted by Gasteiger charge is 2.35. The first-order valence-electron chi connectivity index (χ1n) is 4.69. The van der Waals surface area contributed by atoms with Gasteiger partial charge in [0.2, 0.25) is 0 Å². The van der Waals surface area contributed by atoms with Crippen LogP contribution in [0, 0.1) is 0 Å². The first-order valence-corrected chi connectivity index (χ1v) is 5.07. The van der Waals surface area contributed by atoms with Crippen LogP contribution >= 0.6 is 11.6 Å². The van der Waals surface area contributed by atoms with Crippen LogP contribution in [-0.2, 0) is 6.18 Å². The molecular weight excluding hydrogens is 243 g/mol. The third-order valence-electron chi connectivity index (χ3n) is 2.28. The van der Waals surface area contributed by atoms with Gasteiger partial charge in [0, 0.05) is 6.07 Å². The molecule has 1 heterocycles. The monoisotopic (exact) mass is 251 g/mol. The first-order chi connectivity index (χ1) is 7.38. The topological polar surface area (TPSA) is 21.3 Å². The predicted molar refractivity (Wildman–Crippen MR) is 55.0 cm³/mol. The second kappa shape index (κ2) is 3.73. The average Bonchev–Trinajstić information content (AvgIpc) is 2.14. The highest BCUT2D eigenvalue weighted by Crippen LogP contribution is 2.41. The Labute approximate surface area is 95.3 Å². The van der Waals surface area contributed by atoms with Crippen molar-refractivity contribution < 1.29 is 17.9 Å². The molecule has 1 N–H and O–H groups in total. The van der Waals surface area contributed by atoms with Crippen molar-refractivity contribution in [2.45, 2.75) is 19.2 Å². The van der Waals surface area contributed by atoms with Gasteiger partial charge in [-0.15, -0.1) is 0 Å². The molecule has 0 saturated heterocycles. The predicted octanol–water partition coefficient (Wildman–Crippen LogP) is 3.55. The van der Waals surface area contributed by atoms with Crippen LogP contribution < -0.4 is 10.1 Å². The van der Waals surface area contributed by atoms with E-state index in [2.05, 4.69) is 5.32 Å². The minimum absolute atomic E-state index is 0.0831. The Morgan fingerprint density at radius 3 is 2.75 bits per heavy atom. The zero-order valence-electron chi connectivity index (χ0n) is 8.36. The number of rotatable bonds is 0. The third-order valence-corrected chi connectivity index (χ3v) is 2.60. The Bertz CT molecular complexity index is 419. The average molecular weight is 252 g/mol. The summed E-state index contributed by atoms with van der Waals surface area (Å²) < 4.78 is 43.0. The number of nitrogens with one attached hydrogen (secondary N) is 1. The zero-order valence-corrected chi connectivity index (χ0v) is 9.12. The molecule has 0 bridgehead atoms. The Kier molecular flexibility index (Phi) is 2.66. The first kappa shape index (κ1) is 11.4. The lowest BCUT2D eigenvalue weighted by Crippen LogP contribution is -2.28. The Morgan fingerprint density at radius 1 is 1.44 bits per heavy atom. The summed E-state index contributed by atoms with van der Waals surface area (Å²) in [6, 6.07) is 2.17. The summed E-state index contributed by atoms with van der Waals surface area (Å²) in [5, 5.41) is 2.52. The standard InChI is InChI=1S/C10H9ClF3NO/c1-5-4-15-8-2-6(10(12,13)14)7(11)3-9(8)16-5/h2-3,5,15H,4H2,1H3. The molecule has 1 aromatic rings. The smallest absolute Gasteiger partial charge is 0.417 e. The molecule has 0 aliphatic carbocycles. The van der Waals surface area contributed by atoms with Gasteiger partial charge >= 0.3 is 6.18 Å². The summed E-state index contributed by atoms with van der Waals surface area (Å²) >= 11 is 5.57. The van der Waals surface area contributed by atoms with Crippen molar-refractivity contribution in [2.24, 2.45) is 0 Å². The zero-order chi connectivity index (χ0) is 11.9. The van der Waals surface area contributed by atoms with Crippen molar-refractivity contribution in [2.75, 3.05) is 11.9 Å². The second-order valence-corrected chi connectivity index (χ2v) is 4.04. The summed E-state index contributed by atoms with van der Waals surface area (Å²) in [7, 11) is 0. The van der Waals surface area contributed by atoms with Crippen LogP contribution in [0.2, 0.25) is 5.02 Å². The maximum absolute atomic E-state index is 12.5. The van der Waals surface area contributed by atoms with E-state index in [1.54, 1.807) is 0 Å². The maximum Gasteiger partial charge on any atom is 0.417 e. The van der Waals surface area contributed by atoms with Gasteiger partial charge in [-0.05, 0) is 13.0 Å². The summed E-state index contributed by atoms with van der Waals surface area (Å²) in [5.74, 6) is 0.358. The van der Waals surface area contributed by atoms with E-state index < -0.39 is 11.7 Å². The van der Waals surface area contributed by atoms with Crippen molar-refractivity contribution in [3.05, 3.63) is 22.7 Å². The van der Waals surface area contributed by atoms with Crippen molar-refractivity contribution >= 4 is 17.3 Å². The van der Waals surface area contributed by atoms with Crippen molar-refractivity contribution in [3.8, 4) is 5.75 Å². The molecule has 0 aromatic heterocycles. The Hall–Kier alpha value is -1.10. The van der Waals surface area contributed by atoms with Crippen molar-refractivity contribution in [3.63, 3.8) is 0 Å². The fraction of sp³-hybridized carbons (Fsp3) is 0.400. The molecule has 1 unspecified atom stereocenters. The highest BCUT2D eigenvalue weighted by atomic mass is 35.5. The Morgan fingerprint density at radius 2 is 2.12 bits per heavy atom. The lowest BCUT2D eigenvalue weighted by molar-refractivity contribution is -0.137. The van der Waals surface area contributed by atoms with E-state index in [1.807, 2.05) is 6.92 Å². The summed E-state index contributed by atoms with van der Waals surface area (Å²) in [6.45, 7) is 2.30. The van der Waals surface area contributed by atoms with Gasteiger partial charge in [-0.1, -0.05) is 11.6 Å². The van der Waals surface area contributed by atoms with E-state index in [0.29, 0.717) is 18.0 Å². The van der Waals surface area contributed by atoms with Gasteiger partial charge in [0.1, 0.15) is 11.9 Å². The van der Waals surface area contributed by atoms with Gasteiger partial charge in [-0.25, -0.2) is 0 Å². The molecule has 0 amide bonds. The molecule has 0 spiro atoms. The number of fused-ring (bicyclic) bond motifs is 1. The molecule has 6 heteroatoms. The van der Waals surface area contributed by atoms with Gasteiger partial charge in [-0.2, -0.15) is 13.2 Å². The van der Waals surface area contributed by atoms with Gasteiger partial charge < -0.3 is 10.1 Å². The molecule has 16 heavy (non-hydrogen) atoms. The number of hydrogen-bond donors (Lipinski definition) is 1. The van der Waals surface area contributed by atoms with Crippen LogP contribution in [0.4, 0.5) is 18.9 Å². The highest BCUT2D eigenvalue weighted by molar-refractivity contribution is 6.31. The van der Waals surface area contributed by atoms with Crippen molar-refractivity contribution in [1.29, 1.82) is 0 Å². The van der Waals surface area contributed by atoms with Gasteiger partial charge in [-0.3, -0.25) is 0 Å². The quantitative estimate of drug-likeness (QED) is 0.761. The minimum Gasteiger partial charge on any atom is -0.487 e. The molecular formula is C10H9ClF3NO. The number of alkyl halides is 3. The summed E-state index contributed by atoms with van der Waals surface area (Å²) in [4.78, 5) is 0. The number of anilines is 1. The molecule has 1 aliphatic rings. The SMILES string of the molecule is CC1CNc2cc(C(F)(F)F)c(Cl)cc2O1. The Balaban J connectivity index is 2.46. The number of halogens is 4. The number of benzene rings is 1. The van der Waals surface area contributed by atoms with Crippen LogP contribution in [0.3, 0.4) is 0 Å². The fourth-order valence-electron chi connectivity index (χ4n) is 1.52. The summed E-state index contributed by atoms with van der Waals surface area (Å²) in [6.07, 6.45) is -4.53. The molecule has 0 radical (unpaired) electrons. The maximum atomic E-state index is 12.5. The van der Waals surface area contributed by atoms with Crippen LogP contribution in [0.25, 0.3) is 0 Å². The van der Waals surface area contributed by atoms with Gasteiger partial charge in [0.25, 0.3) is 0 Å². The molecule has 88 valence electrons. The largest absolute Gasteiger partial charge is 0.487 e. The van der Waals surface area contributed by atoms with E-state index in [0.717, 1.165) is 6.07 Å². The van der Waals surface area contributed by atoms with E-state index in [4.69, 9.17) is 16.3 Å². The third kappa shape index (κ3) is 2.04. The molecule has 1 aliphatic heterocycles. The molecule has 0 fully saturated rings. The lowest BCUT2D eigenvalue weighted by atomic mass is 10.1. The van der Waals surface area contributed by atoms with Crippen LogP contribution in [0.15, 0.2) is 12.1 Å². The van der Waals surface area contributed by atoms with E-state index in [1.165, 1.54) is 6.07 Å². The van der Waals surface area contributed by atoms with Crippen LogP contribution in [0.1, 0.15) is 12.5 Å². The molecule has 2 nitrogen and oxygen atoms in total. The number of hydrogen-bond acceptors (Lipinski definition) is 2. The minimum atomic E-state index is -4.45. The molecule has 1 aromatic carbocycles. The second-order valence-electron chi connectivity index (χ2n) is 3.64. The van der Waals surface area contributed by atoms with Crippen LogP contribution in [0.5, 0.6) is 5.75 Å². The fourth-order valence-corrected chi connectivity index (χ4v) is 1.78. The van der Waals surface area contributed by atoms with E-state index in [9.17, 15) is 13.2 Å². The van der Waals surface area contributed by atoms with Gasteiger partial charge in [0.15, 0.2) is 0 Å². The van der Waals surface area contributed by atoms with E-state index >= 15 is 0 Å². The van der Waals surface area contributed by atoms with Crippen LogP contribution in [-0.4, -0.2) is 12.6 Å². The molecule has 1 atom stereocenters. The lowest BCUT2D eigenvalue weighted by Gasteiger charge is -2.26. The molecule has 2 rings (SSSR count). The van der Waals surface area contributed by atoms with Crippen molar-refractivity contribution in [1.82, 2.24) is 0 Å².